The second-order valence-electron chi connectivity index (χ2n) is 4.05. The Hall–Kier alpha value is -0.860. The number of hydrogen-bond acceptors (Lipinski definition) is 2. The number of halogens is 1. The van der Waals surface area contributed by atoms with E-state index >= 15 is 0 Å². The van der Waals surface area contributed by atoms with Gasteiger partial charge in [0.1, 0.15) is 0 Å². The summed E-state index contributed by atoms with van der Waals surface area (Å²) in [5.74, 6) is 0.624. The highest BCUT2D eigenvalue weighted by Crippen LogP contribution is 2.18. The monoisotopic (exact) mass is 224 g/mol. The maximum absolute atomic E-state index is 4.22. The van der Waals surface area contributed by atoms with Crippen LogP contribution in [0.1, 0.15) is 18.1 Å². The number of aryl methyl sites for hydroxylation is 1. The van der Waals surface area contributed by atoms with Crippen LogP contribution in [0.4, 0.5) is 0 Å². The van der Waals surface area contributed by atoms with Gasteiger partial charge in [-0.3, -0.25) is 4.98 Å². The molecule has 0 saturated heterocycles. The smallest absolute Gasteiger partial charge is 0.0343 e. The first-order valence-corrected chi connectivity index (χ1v) is 5.09. The van der Waals surface area contributed by atoms with E-state index < -0.39 is 0 Å². The van der Waals surface area contributed by atoms with E-state index in [1.165, 1.54) is 16.7 Å². The van der Waals surface area contributed by atoms with Crippen molar-refractivity contribution in [2.75, 3.05) is 13.1 Å². The van der Waals surface area contributed by atoms with Crippen LogP contribution in [0.15, 0.2) is 24.5 Å². The number of nitrogens with one attached hydrogen (secondary N) is 1. The first-order chi connectivity index (χ1) is 6.75. The summed E-state index contributed by atoms with van der Waals surface area (Å²) < 4.78 is 0. The van der Waals surface area contributed by atoms with Crippen LogP contribution in [-0.4, -0.2) is 18.1 Å². The highest BCUT2D eigenvalue weighted by molar-refractivity contribution is 5.85. The van der Waals surface area contributed by atoms with Gasteiger partial charge in [-0.25, -0.2) is 0 Å². The van der Waals surface area contributed by atoms with Gasteiger partial charge in [0.2, 0.25) is 0 Å². The predicted octanol–water partition coefficient (Wildman–Crippen LogP) is 2.43. The molecule has 0 amide bonds. The van der Waals surface area contributed by atoms with Crippen molar-refractivity contribution in [2.24, 2.45) is 5.92 Å². The lowest BCUT2D eigenvalue weighted by molar-refractivity contribution is 0.607. The normalized spacial score (nSPS) is 20.4. The van der Waals surface area contributed by atoms with E-state index in [0.29, 0.717) is 5.92 Å². The van der Waals surface area contributed by atoms with Crippen LogP contribution in [0, 0.1) is 12.8 Å². The fraction of sp³-hybridized carbons (Fsp3) is 0.417. The molecule has 1 aliphatic heterocycles. The molecule has 0 fully saturated rings. The molecule has 2 rings (SSSR count). The quantitative estimate of drug-likeness (QED) is 0.793. The van der Waals surface area contributed by atoms with Crippen molar-refractivity contribution in [3.05, 3.63) is 35.7 Å². The summed E-state index contributed by atoms with van der Waals surface area (Å²) in [6.07, 6.45) is 6.18. The van der Waals surface area contributed by atoms with Crippen LogP contribution in [0.2, 0.25) is 0 Å². The Morgan fingerprint density at radius 2 is 2.20 bits per heavy atom. The molecule has 15 heavy (non-hydrogen) atoms. The van der Waals surface area contributed by atoms with Crippen LogP contribution in [0.5, 0.6) is 0 Å². The molecule has 3 heteroatoms. The zero-order valence-corrected chi connectivity index (χ0v) is 9.97. The van der Waals surface area contributed by atoms with Crippen molar-refractivity contribution in [2.45, 2.75) is 13.8 Å². The van der Waals surface area contributed by atoms with Gasteiger partial charge in [0.25, 0.3) is 0 Å². The van der Waals surface area contributed by atoms with E-state index in [1.54, 1.807) is 0 Å². The Balaban J connectivity index is 0.00000112. The second kappa shape index (κ2) is 5.29. The Morgan fingerprint density at radius 1 is 1.40 bits per heavy atom. The number of aromatic nitrogens is 1. The standard InChI is InChI=1S/C12H16N2.ClH/c1-9-3-11(7-13-5-9)12-4-10(2)6-14-8-12;/h3-5,7,10,14H,6,8H2,1-2H3;1H. The van der Waals surface area contributed by atoms with Gasteiger partial charge in [-0.05, 0) is 35.6 Å². The average molecular weight is 225 g/mol. The van der Waals surface area contributed by atoms with Crippen molar-refractivity contribution in [1.82, 2.24) is 10.3 Å². The van der Waals surface area contributed by atoms with Gasteiger partial charge in [0, 0.05) is 25.5 Å². The van der Waals surface area contributed by atoms with Gasteiger partial charge in [-0.1, -0.05) is 13.0 Å². The Kier molecular flexibility index (Phi) is 4.30. The van der Waals surface area contributed by atoms with E-state index in [1.807, 2.05) is 12.4 Å². The molecule has 0 bridgehead atoms. The van der Waals surface area contributed by atoms with Crippen LogP contribution in [0.25, 0.3) is 5.57 Å². The van der Waals surface area contributed by atoms with E-state index in [0.717, 1.165) is 13.1 Å². The zero-order chi connectivity index (χ0) is 9.97. The number of rotatable bonds is 1. The van der Waals surface area contributed by atoms with Gasteiger partial charge >= 0.3 is 0 Å². The van der Waals surface area contributed by atoms with Crippen molar-refractivity contribution < 1.29 is 0 Å². The molecule has 1 unspecified atom stereocenters. The molecule has 0 spiro atoms. The van der Waals surface area contributed by atoms with Crippen LogP contribution in [0.3, 0.4) is 0 Å². The van der Waals surface area contributed by atoms with Gasteiger partial charge in [0.15, 0.2) is 0 Å². The second-order valence-corrected chi connectivity index (χ2v) is 4.05. The van der Waals surface area contributed by atoms with E-state index in [9.17, 15) is 0 Å². The molecule has 1 aliphatic rings. The number of nitrogens with zero attached hydrogens (tertiary/aromatic N) is 1. The fourth-order valence-corrected chi connectivity index (χ4v) is 1.82. The minimum atomic E-state index is 0. The topological polar surface area (TPSA) is 24.9 Å². The SMILES string of the molecule is Cc1cncc(C2=CC(C)CNC2)c1.Cl. The van der Waals surface area contributed by atoms with Crippen molar-refractivity contribution in [3.63, 3.8) is 0 Å². The molecule has 2 nitrogen and oxygen atoms in total. The summed E-state index contributed by atoms with van der Waals surface area (Å²) in [4.78, 5) is 4.22. The third-order valence-corrected chi connectivity index (χ3v) is 2.51. The molecule has 82 valence electrons. The molecule has 1 N–H and O–H groups in total. The van der Waals surface area contributed by atoms with Crippen molar-refractivity contribution >= 4 is 18.0 Å². The van der Waals surface area contributed by atoms with E-state index in [-0.39, 0.29) is 12.4 Å². The lowest BCUT2D eigenvalue weighted by atomic mass is 9.98. The van der Waals surface area contributed by atoms with Crippen LogP contribution in [-0.2, 0) is 0 Å². The maximum atomic E-state index is 4.22. The largest absolute Gasteiger partial charge is 0.312 e. The maximum Gasteiger partial charge on any atom is 0.0343 e. The van der Waals surface area contributed by atoms with E-state index in [2.05, 4.69) is 36.3 Å². The Bertz CT molecular complexity index is 360. The predicted molar refractivity (Wildman–Crippen MR) is 66.2 cm³/mol. The van der Waals surface area contributed by atoms with Gasteiger partial charge in [0.05, 0.1) is 0 Å². The number of pyridine rings is 1. The molecule has 0 radical (unpaired) electrons. The molecule has 0 aliphatic carbocycles. The number of hydrogen-bond donors (Lipinski definition) is 1. The molecule has 1 aromatic rings. The fourth-order valence-electron chi connectivity index (χ4n) is 1.82. The minimum absolute atomic E-state index is 0. The highest BCUT2D eigenvalue weighted by Gasteiger charge is 2.10. The first-order valence-electron chi connectivity index (χ1n) is 5.09. The molecule has 2 heterocycles. The lowest BCUT2D eigenvalue weighted by Gasteiger charge is -2.19. The summed E-state index contributed by atoms with van der Waals surface area (Å²) in [6.45, 7) is 6.37. The van der Waals surface area contributed by atoms with Gasteiger partial charge < -0.3 is 5.32 Å². The molecular weight excluding hydrogens is 208 g/mol. The highest BCUT2D eigenvalue weighted by atomic mass is 35.5. The lowest BCUT2D eigenvalue weighted by Crippen LogP contribution is -2.27. The Morgan fingerprint density at radius 3 is 2.87 bits per heavy atom. The van der Waals surface area contributed by atoms with Gasteiger partial charge in [-0.15, -0.1) is 12.4 Å². The minimum Gasteiger partial charge on any atom is -0.312 e. The van der Waals surface area contributed by atoms with Gasteiger partial charge in [-0.2, -0.15) is 0 Å². The third kappa shape index (κ3) is 3.05. The summed E-state index contributed by atoms with van der Waals surface area (Å²) in [6, 6.07) is 2.19. The Labute approximate surface area is 97.2 Å². The molecular formula is C12H17ClN2. The van der Waals surface area contributed by atoms with Crippen LogP contribution < -0.4 is 5.32 Å². The third-order valence-electron chi connectivity index (χ3n) is 2.51. The molecule has 1 aromatic heterocycles. The summed E-state index contributed by atoms with van der Waals surface area (Å²) in [7, 11) is 0. The zero-order valence-electron chi connectivity index (χ0n) is 9.16. The summed E-state index contributed by atoms with van der Waals surface area (Å²) >= 11 is 0. The molecule has 1 atom stereocenters. The molecule has 0 saturated carbocycles. The molecule has 0 aromatic carbocycles. The van der Waals surface area contributed by atoms with Crippen molar-refractivity contribution in [3.8, 4) is 0 Å². The average Bonchev–Trinajstić information content (AvgIpc) is 2.18. The summed E-state index contributed by atoms with van der Waals surface area (Å²) in [5, 5.41) is 3.41. The van der Waals surface area contributed by atoms with E-state index in [4.69, 9.17) is 0 Å². The van der Waals surface area contributed by atoms with Crippen molar-refractivity contribution in [1.29, 1.82) is 0 Å². The summed E-state index contributed by atoms with van der Waals surface area (Å²) in [5.41, 5.74) is 3.85. The van der Waals surface area contributed by atoms with Crippen LogP contribution >= 0.6 is 12.4 Å². The first kappa shape index (κ1) is 12.2.